The van der Waals surface area contributed by atoms with E-state index >= 15 is 0 Å². The molecule has 26 heavy (non-hydrogen) atoms. The number of carbonyl (C=O) groups excluding carboxylic acids is 2. The Morgan fingerprint density at radius 1 is 1.31 bits per heavy atom. The van der Waals surface area contributed by atoms with Crippen molar-refractivity contribution < 1.29 is 14.3 Å². The molecular weight excluding hydrogens is 334 g/mol. The Balaban J connectivity index is 1.61. The number of nitriles is 1. The highest BCUT2D eigenvalue weighted by Crippen LogP contribution is 2.23. The highest BCUT2D eigenvalue weighted by molar-refractivity contribution is 5.95. The number of cyclic esters (lactones) is 1. The van der Waals surface area contributed by atoms with Crippen LogP contribution in [0.1, 0.15) is 18.4 Å². The fourth-order valence-corrected chi connectivity index (χ4v) is 2.83. The van der Waals surface area contributed by atoms with Gasteiger partial charge in [-0.15, -0.1) is 5.10 Å². The molecule has 1 aliphatic heterocycles. The van der Waals surface area contributed by atoms with E-state index in [2.05, 4.69) is 21.5 Å². The lowest BCUT2D eigenvalue weighted by molar-refractivity contribution is -0.146. The lowest BCUT2D eigenvalue weighted by atomic mass is 10.0. The number of carbonyl (C=O) groups is 2. The van der Waals surface area contributed by atoms with Gasteiger partial charge in [0.15, 0.2) is 11.8 Å². The molecule has 0 spiro atoms. The van der Waals surface area contributed by atoms with Gasteiger partial charge in [0.25, 0.3) is 5.91 Å². The van der Waals surface area contributed by atoms with E-state index in [1.54, 1.807) is 24.4 Å². The number of benzene rings is 1. The van der Waals surface area contributed by atoms with Gasteiger partial charge in [-0.2, -0.15) is 10.2 Å². The molecular formula is C18H13N5O3. The van der Waals surface area contributed by atoms with Crippen molar-refractivity contribution in [2.75, 3.05) is 5.32 Å². The molecule has 2 aromatic heterocycles. The summed E-state index contributed by atoms with van der Waals surface area (Å²) >= 11 is 0. The molecule has 1 aromatic carbocycles. The number of hydrogen-bond acceptors (Lipinski definition) is 6. The van der Waals surface area contributed by atoms with E-state index in [0.717, 1.165) is 11.1 Å². The Hall–Kier alpha value is -3.73. The van der Waals surface area contributed by atoms with Crippen molar-refractivity contribution in [3.8, 4) is 17.2 Å². The van der Waals surface area contributed by atoms with Crippen LogP contribution in [0.5, 0.6) is 0 Å². The summed E-state index contributed by atoms with van der Waals surface area (Å²) < 4.78 is 6.46. The lowest BCUT2D eigenvalue weighted by Gasteiger charge is -2.06. The number of anilines is 1. The van der Waals surface area contributed by atoms with E-state index in [1.807, 2.05) is 18.2 Å². The molecule has 1 atom stereocenters. The Morgan fingerprint density at radius 3 is 2.92 bits per heavy atom. The van der Waals surface area contributed by atoms with Gasteiger partial charge in [-0.25, -0.2) is 4.52 Å². The number of fused-ring (bicyclic) bond motifs is 1. The van der Waals surface area contributed by atoms with Crippen LogP contribution in [0.2, 0.25) is 0 Å². The SMILES string of the molecule is N#Cc1ccccc1-c1ccc2nc(NC(=O)[C@H]3CCC(=O)O3)nn2c1. The standard InChI is InChI=1S/C18H13N5O3/c19-9-11-3-1-2-4-13(11)12-5-7-15-20-18(22-23(15)10-12)21-17(25)14-6-8-16(24)26-14/h1-5,7,10,14H,6,8H2,(H,21,22,25)/t14-/m1/s1. The molecule has 1 saturated heterocycles. The molecule has 0 saturated carbocycles. The normalized spacial score (nSPS) is 16.3. The quantitative estimate of drug-likeness (QED) is 0.725. The minimum atomic E-state index is -0.799. The van der Waals surface area contributed by atoms with Gasteiger partial charge in [-0.05, 0) is 18.2 Å². The van der Waals surface area contributed by atoms with Gasteiger partial charge in [-0.3, -0.25) is 14.9 Å². The van der Waals surface area contributed by atoms with Crippen molar-refractivity contribution in [2.24, 2.45) is 0 Å². The molecule has 128 valence electrons. The lowest BCUT2D eigenvalue weighted by Crippen LogP contribution is -2.27. The zero-order chi connectivity index (χ0) is 18.1. The molecule has 1 aliphatic rings. The number of ether oxygens (including phenoxy) is 1. The summed E-state index contributed by atoms with van der Waals surface area (Å²) in [6.45, 7) is 0. The largest absolute Gasteiger partial charge is 0.452 e. The Morgan fingerprint density at radius 2 is 2.15 bits per heavy atom. The van der Waals surface area contributed by atoms with Gasteiger partial charge in [0.05, 0.1) is 11.6 Å². The van der Waals surface area contributed by atoms with E-state index < -0.39 is 12.0 Å². The summed E-state index contributed by atoms with van der Waals surface area (Å²) in [7, 11) is 0. The van der Waals surface area contributed by atoms with Crippen molar-refractivity contribution in [1.82, 2.24) is 14.6 Å². The van der Waals surface area contributed by atoms with E-state index in [0.29, 0.717) is 17.6 Å². The number of amides is 1. The first-order valence-corrected chi connectivity index (χ1v) is 8.00. The Labute approximate surface area is 148 Å². The fourth-order valence-electron chi connectivity index (χ4n) is 2.83. The third-order valence-corrected chi connectivity index (χ3v) is 4.10. The number of pyridine rings is 1. The molecule has 0 unspecified atom stereocenters. The monoisotopic (exact) mass is 347 g/mol. The van der Waals surface area contributed by atoms with E-state index in [4.69, 9.17) is 4.74 Å². The summed E-state index contributed by atoms with van der Waals surface area (Å²) in [5.74, 6) is -0.695. The zero-order valence-corrected chi connectivity index (χ0v) is 13.5. The smallest absolute Gasteiger partial charge is 0.306 e. The molecule has 8 nitrogen and oxygen atoms in total. The predicted octanol–water partition coefficient (Wildman–Crippen LogP) is 1.91. The average molecular weight is 347 g/mol. The third kappa shape index (κ3) is 2.86. The van der Waals surface area contributed by atoms with Crippen LogP contribution in [-0.2, 0) is 14.3 Å². The number of esters is 1. The van der Waals surface area contributed by atoms with Gasteiger partial charge in [-0.1, -0.05) is 18.2 Å². The van der Waals surface area contributed by atoms with Gasteiger partial charge >= 0.3 is 5.97 Å². The van der Waals surface area contributed by atoms with Crippen LogP contribution >= 0.6 is 0 Å². The summed E-state index contributed by atoms with van der Waals surface area (Å²) in [5, 5.41) is 16.0. The summed E-state index contributed by atoms with van der Waals surface area (Å²) in [6, 6.07) is 13.0. The van der Waals surface area contributed by atoms with E-state index in [1.165, 1.54) is 4.52 Å². The third-order valence-electron chi connectivity index (χ3n) is 4.10. The molecule has 4 rings (SSSR count). The minimum Gasteiger partial charge on any atom is -0.452 e. The maximum Gasteiger partial charge on any atom is 0.306 e. The van der Waals surface area contributed by atoms with Crippen LogP contribution < -0.4 is 5.32 Å². The fraction of sp³-hybridized carbons (Fsp3) is 0.167. The number of hydrogen-bond donors (Lipinski definition) is 1. The minimum absolute atomic E-state index is 0.128. The van der Waals surface area contributed by atoms with Crippen LogP contribution in [0.15, 0.2) is 42.6 Å². The van der Waals surface area contributed by atoms with Gasteiger partial charge in [0.1, 0.15) is 0 Å². The number of nitrogens with zero attached hydrogens (tertiary/aromatic N) is 4. The van der Waals surface area contributed by atoms with Gasteiger partial charge in [0.2, 0.25) is 5.95 Å². The Kier molecular flexibility index (Phi) is 3.82. The molecule has 1 amide bonds. The molecule has 8 heteroatoms. The first kappa shape index (κ1) is 15.8. The maximum absolute atomic E-state index is 12.1. The van der Waals surface area contributed by atoms with Crippen molar-refractivity contribution in [3.63, 3.8) is 0 Å². The van der Waals surface area contributed by atoms with Crippen LogP contribution in [0.25, 0.3) is 16.8 Å². The highest BCUT2D eigenvalue weighted by Gasteiger charge is 2.30. The van der Waals surface area contributed by atoms with E-state index in [9.17, 15) is 14.9 Å². The van der Waals surface area contributed by atoms with Crippen LogP contribution in [-0.4, -0.2) is 32.6 Å². The van der Waals surface area contributed by atoms with Crippen LogP contribution in [0.3, 0.4) is 0 Å². The zero-order valence-electron chi connectivity index (χ0n) is 13.5. The first-order valence-electron chi connectivity index (χ1n) is 8.00. The molecule has 0 aliphatic carbocycles. The van der Waals surface area contributed by atoms with Crippen molar-refractivity contribution in [3.05, 3.63) is 48.2 Å². The van der Waals surface area contributed by atoms with Gasteiger partial charge < -0.3 is 4.74 Å². The number of rotatable bonds is 3. The second-order valence-electron chi connectivity index (χ2n) is 5.82. The predicted molar refractivity (Wildman–Crippen MR) is 90.9 cm³/mol. The first-order chi connectivity index (χ1) is 12.6. The summed E-state index contributed by atoms with van der Waals surface area (Å²) in [6.07, 6.45) is 1.53. The van der Waals surface area contributed by atoms with Crippen molar-refractivity contribution in [2.45, 2.75) is 18.9 Å². The molecule has 3 aromatic rings. The molecule has 3 heterocycles. The van der Waals surface area contributed by atoms with Crippen LogP contribution in [0.4, 0.5) is 5.95 Å². The second-order valence-corrected chi connectivity index (χ2v) is 5.82. The maximum atomic E-state index is 12.1. The average Bonchev–Trinajstić information content (AvgIpc) is 3.26. The van der Waals surface area contributed by atoms with E-state index in [-0.39, 0.29) is 18.3 Å². The van der Waals surface area contributed by atoms with Crippen molar-refractivity contribution >= 4 is 23.5 Å². The molecule has 1 fully saturated rings. The molecule has 1 N–H and O–H groups in total. The summed E-state index contributed by atoms with van der Waals surface area (Å²) in [5.41, 5.74) is 2.70. The van der Waals surface area contributed by atoms with Gasteiger partial charge in [0, 0.05) is 30.2 Å². The van der Waals surface area contributed by atoms with Crippen molar-refractivity contribution in [1.29, 1.82) is 5.26 Å². The topological polar surface area (TPSA) is 109 Å². The molecule has 0 radical (unpaired) electrons. The Bertz CT molecular complexity index is 1070. The van der Waals surface area contributed by atoms with Crippen LogP contribution in [0, 0.1) is 11.3 Å². The molecule has 0 bridgehead atoms. The second kappa shape index (κ2) is 6.29. The number of nitrogens with one attached hydrogen (secondary N) is 1. The summed E-state index contributed by atoms with van der Waals surface area (Å²) in [4.78, 5) is 27.4. The highest BCUT2D eigenvalue weighted by atomic mass is 16.6. The number of aromatic nitrogens is 3.